The average Bonchev–Trinajstić information content (AvgIpc) is 3.47. The number of thiazole rings is 1. The monoisotopic (exact) mass is 493 g/mol. The van der Waals surface area contributed by atoms with Crippen LogP contribution >= 0.6 is 11.3 Å². The largest absolute Gasteiger partial charge is 0.311 e. The van der Waals surface area contributed by atoms with Gasteiger partial charge in [-0.3, -0.25) is 14.4 Å². The smallest absolute Gasteiger partial charge is 0.230 e. The van der Waals surface area contributed by atoms with Crippen molar-refractivity contribution in [2.75, 3.05) is 4.90 Å². The van der Waals surface area contributed by atoms with Crippen LogP contribution < -0.4 is 4.90 Å². The Labute approximate surface area is 212 Å². The number of fused-ring (bicyclic) bond motifs is 1. The summed E-state index contributed by atoms with van der Waals surface area (Å²) in [4.78, 5) is 45.5. The van der Waals surface area contributed by atoms with E-state index >= 15 is 0 Å². The normalized spacial score (nSPS) is 11.0. The molecule has 0 unspecified atom stereocenters. The van der Waals surface area contributed by atoms with Crippen molar-refractivity contribution in [1.82, 2.24) is 9.38 Å². The molecular weight excluding hydrogens is 470 g/mol. The first-order chi connectivity index (χ1) is 17.4. The lowest BCUT2D eigenvalue weighted by atomic mass is 10.0. The second-order valence-electron chi connectivity index (χ2n) is 8.50. The molecule has 0 aliphatic rings. The van der Waals surface area contributed by atoms with Crippen molar-refractivity contribution in [3.63, 3.8) is 0 Å². The molecule has 178 valence electrons. The molecule has 0 spiro atoms. The van der Waals surface area contributed by atoms with Crippen LogP contribution in [0.1, 0.15) is 35.5 Å². The summed E-state index contributed by atoms with van der Waals surface area (Å²) < 4.78 is 1.75. The first kappa shape index (κ1) is 23.4. The fourth-order valence-electron chi connectivity index (χ4n) is 4.35. The fraction of sp³-hybridized carbons (Fsp3) is 0.103. The number of ketones is 1. The lowest BCUT2D eigenvalue weighted by Gasteiger charge is -2.19. The van der Waals surface area contributed by atoms with Gasteiger partial charge in [0, 0.05) is 36.6 Å². The van der Waals surface area contributed by atoms with Gasteiger partial charge in [0.1, 0.15) is 10.7 Å². The van der Waals surface area contributed by atoms with Gasteiger partial charge in [-0.05, 0) is 19.1 Å². The van der Waals surface area contributed by atoms with Crippen LogP contribution in [-0.2, 0) is 9.59 Å². The van der Waals surface area contributed by atoms with Gasteiger partial charge < -0.3 is 4.40 Å². The van der Waals surface area contributed by atoms with Gasteiger partial charge in [-0.15, -0.1) is 11.3 Å². The molecule has 0 fully saturated rings. The Morgan fingerprint density at radius 2 is 1.53 bits per heavy atom. The second kappa shape index (κ2) is 9.36. The first-order valence-corrected chi connectivity index (χ1v) is 12.3. The minimum absolute atomic E-state index is 0.242. The molecule has 0 radical (unpaired) electrons. The molecule has 36 heavy (non-hydrogen) atoms. The molecule has 5 rings (SSSR count). The maximum Gasteiger partial charge on any atom is 0.230 e. The number of nitrogens with zero attached hydrogens (tertiary/aromatic N) is 3. The molecule has 3 heterocycles. The Balaban J connectivity index is 1.83. The van der Waals surface area contributed by atoms with Crippen molar-refractivity contribution < 1.29 is 14.4 Å². The minimum atomic E-state index is -0.475. The fourth-order valence-corrected chi connectivity index (χ4v) is 5.23. The number of benzene rings is 2. The number of hydrogen-bond donors (Lipinski definition) is 0. The van der Waals surface area contributed by atoms with Crippen molar-refractivity contribution in [3.05, 3.63) is 101 Å². The number of amides is 2. The van der Waals surface area contributed by atoms with E-state index in [-0.39, 0.29) is 17.2 Å². The van der Waals surface area contributed by atoms with E-state index in [9.17, 15) is 14.4 Å². The number of imide groups is 1. The zero-order valence-corrected chi connectivity index (χ0v) is 20.9. The number of aromatic nitrogens is 2. The van der Waals surface area contributed by atoms with E-state index in [2.05, 4.69) is 0 Å². The summed E-state index contributed by atoms with van der Waals surface area (Å²) in [5.41, 5.74) is 4.97. The maximum absolute atomic E-state index is 13.9. The number of aryl methyl sites for hydroxylation is 1. The van der Waals surface area contributed by atoms with E-state index in [1.54, 1.807) is 22.7 Å². The van der Waals surface area contributed by atoms with Gasteiger partial charge in [-0.25, -0.2) is 9.88 Å². The summed E-state index contributed by atoms with van der Waals surface area (Å²) in [6.07, 6.45) is 1.77. The quantitative estimate of drug-likeness (QED) is 0.275. The molecule has 2 amide bonds. The van der Waals surface area contributed by atoms with Crippen LogP contribution in [0.5, 0.6) is 0 Å². The van der Waals surface area contributed by atoms with Crippen LogP contribution in [-0.4, -0.2) is 27.0 Å². The van der Waals surface area contributed by atoms with Crippen LogP contribution in [0.4, 0.5) is 5.69 Å². The van der Waals surface area contributed by atoms with E-state index in [1.807, 2.05) is 73.0 Å². The van der Waals surface area contributed by atoms with Gasteiger partial charge in [-0.1, -0.05) is 66.2 Å². The third-order valence-electron chi connectivity index (χ3n) is 5.99. The van der Waals surface area contributed by atoms with Crippen LogP contribution in [0.15, 0.2) is 84.4 Å². The average molecular weight is 494 g/mol. The maximum atomic E-state index is 13.9. The van der Waals surface area contributed by atoms with Crippen LogP contribution in [0, 0.1) is 6.92 Å². The number of rotatable bonds is 5. The van der Waals surface area contributed by atoms with Crippen LogP contribution in [0.3, 0.4) is 0 Å². The molecule has 2 aromatic carbocycles. The predicted molar refractivity (Wildman–Crippen MR) is 142 cm³/mol. The SMILES string of the molecule is CC(=O)N(C(C)=O)c1c(-c2nc(-c3ccccc3)cs2)c2ccccn2c1C(=O)c1ccc(C)cc1. The molecule has 0 saturated carbocycles. The molecule has 7 heteroatoms. The van der Waals surface area contributed by atoms with Crippen LogP contribution in [0.2, 0.25) is 0 Å². The van der Waals surface area contributed by atoms with Crippen molar-refractivity contribution in [3.8, 4) is 21.8 Å². The Morgan fingerprint density at radius 1 is 0.861 bits per heavy atom. The Morgan fingerprint density at radius 3 is 2.19 bits per heavy atom. The predicted octanol–water partition coefficient (Wildman–Crippen LogP) is 6.17. The highest BCUT2D eigenvalue weighted by Gasteiger charge is 2.33. The standard InChI is InChI=1S/C29H23N3O3S/c1-18-12-14-22(15-13-18)28(35)27-26(32(19(2)33)20(3)34)25(24-11-7-8-16-31(24)27)29-30-23(17-36-29)21-9-5-4-6-10-21/h4-17H,1-3H3. The summed E-state index contributed by atoms with van der Waals surface area (Å²) in [7, 11) is 0. The van der Waals surface area contributed by atoms with E-state index in [1.165, 1.54) is 25.2 Å². The van der Waals surface area contributed by atoms with Crippen molar-refractivity contribution in [2.45, 2.75) is 20.8 Å². The molecule has 6 nitrogen and oxygen atoms in total. The molecule has 0 saturated heterocycles. The third-order valence-corrected chi connectivity index (χ3v) is 6.85. The van der Waals surface area contributed by atoms with Gasteiger partial charge in [0.15, 0.2) is 0 Å². The Bertz CT molecular complexity index is 1600. The van der Waals surface area contributed by atoms with E-state index in [0.29, 0.717) is 21.7 Å². The van der Waals surface area contributed by atoms with Gasteiger partial charge in [0.05, 0.1) is 22.5 Å². The minimum Gasteiger partial charge on any atom is -0.311 e. The third kappa shape index (κ3) is 4.03. The lowest BCUT2D eigenvalue weighted by Crippen LogP contribution is -2.34. The summed E-state index contributed by atoms with van der Waals surface area (Å²) in [6, 6.07) is 22.6. The van der Waals surface area contributed by atoms with Crippen LogP contribution in [0.25, 0.3) is 27.3 Å². The molecule has 0 atom stereocenters. The van der Waals surface area contributed by atoms with E-state index in [4.69, 9.17) is 4.98 Å². The highest BCUT2D eigenvalue weighted by molar-refractivity contribution is 7.13. The lowest BCUT2D eigenvalue weighted by molar-refractivity contribution is -0.124. The number of hydrogen-bond acceptors (Lipinski definition) is 5. The molecular formula is C29H23N3O3S. The van der Waals surface area contributed by atoms with Crippen molar-refractivity contribution in [1.29, 1.82) is 0 Å². The zero-order valence-electron chi connectivity index (χ0n) is 20.1. The molecule has 5 aromatic rings. The molecule has 0 aliphatic carbocycles. The summed E-state index contributed by atoms with van der Waals surface area (Å²) in [6.45, 7) is 4.60. The zero-order chi connectivity index (χ0) is 25.4. The Hall–Kier alpha value is -4.36. The van der Waals surface area contributed by atoms with Gasteiger partial charge in [-0.2, -0.15) is 0 Å². The molecule has 0 N–H and O–H groups in total. The number of anilines is 1. The van der Waals surface area contributed by atoms with E-state index in [0.717, 1.165) is 21.7 Å². The summed E-state index contributed by atoms with van der Waals surface area (Å²) in [5.74, 6) is -1.24. The topological polar surface area (TPSA) is 71.8 Å². The second-order valence-corrected chi connectivity index (χ2v) is 9.36. The molecule has 0 bridgehead atoms. The molecule has 0 aliphatic heterocycles. The summed E-state index contributed by atoms with van der Waals surface area (Å²) >= 11 is 1.41. The van der Waals surface area contributed by atoms with E-state index < -0.39 is 11.8 Å². The number of carbonyl (C=O) groups excluding carboxylic acids is 3. The highest BCUT2D eigenvalue weighted by atomic mass is 32.1. The van der Waals surface area contributed by atoms with Gasteiger partial charge >= 0.3 is 0 Å². The Kier molecular flexibility index (Phi) is 6.08. The summed E-state index contributed by atoms with van der Waals surface area (Å²) in [5, 5.41) is 2.55. The number of carbonyl (C=O) groups is 3. The van der Waals surface area contributed by atoms with Crippen molar-refractivity contribution >= 4 is 40.1 Å². The van der Waals surface area contributed by atoms with Gasteiger partial charge in [0.25, 0.3) is 0 Å². The number of pyridine rings is 1. The van der Waals surface area contributed by atoms with Crippen molar-refractivity contribution in [2.24, 2.45) is 0 Å². The molecule has 3 aromatic heterocycles. The van der Waals surface area contributed by atoms with Gasteiger partial charge in [0.2, 0.25) is 17.6 Å². The first-order valence-electron chi connectivity index (χ1n) is 11.4. The highest BCUT2D eigenvalue weighted by Crippen LogP contribution is 2.43.